The van der Waals surface area contributed by atoms with Crippen LogP contribution < -0.4 is 5.32 Å². The molecule has 1 amide bonds. The zero-order chi connectivity index (χ0) is 16.1. The quantitative estimate of drug-likeness (QED) is 0.866. The lowest BCUT2D eigenvalue weighted by Crippen LogP contribution is -2.36. The van der Waals surface area contributed by atoms with Crippen LogP contribution in [0.5, 0.6) is 0 Å². The molecular weight excluding hydrogens is 304 g/mol. The summed E-state index contributed by atoms with van der Waals surface area (Å²) in [6, 6.07) is 10.4. The molecule has 1 aromatic heterocycles. The van der Waals surface area contributed by atoms with Gasteiger partial charge in [0.2, 0.25) is 5.91 Å². The zero-order valence-electron chi connectivity index (χ0n) is 13.7. The second-order valence-electron chi connectivity index (χ2n) is 6.18. The Morgan fingerprint density at radius 1 is 1.26 bits per heavy atom. The van der Waals surface area contributed by atoms with Gasteiger partial charge in [0, 0.05) is 23.7 Å². The van der Waals surface area contributed by atoms with Crippen molar-refractivity contribution in [1.82, 2.24) is 4.90 Å². The van der Waals surface area contributed by atoms with Crippen LogP contribution in [0.4, 0.5) is 5.69 Å². The maximum absolute atomic E-state index is 12.2. The van der Waals surface area contributed by atoms with Crippen LogP contribution in [0.1, 0.15) is 35.8 Å². The van der Waals surface area contributed by atoms with Gasteiger partial charge in [0.15, 0.2) is 0 Å². The van der Waals surface area contributed by atoms with Crippen molar-refractivity contribution in [2.24, 2.45) is 0 Å². The maximum atomic E-state index is 12.2. The van der Waals surface area contributed by atoms with Gasteiger partial charge in [-0.2, -0.15) is 0 Å². The molecule has 122 valence electrons. The number of aryl methyl sites for hydroxylation is 1. The van der Waals surface area contributed by atoms with Gasteiger partial charge in [-0.3, -0.25) is 9.69 Å². The molecule has 1 N–H and O–H groups in total. The summed E-state index contributed by atoms with van der Waals surface area (Å²) in [6.07, 6.45) is 4.60. The Balaban J connectivity index is 1.49. The van der Waals surface area contributed by atoms with Crippen LogP contribution in [-0.4, -0.2) is 23.9 Å². The molecule has 4 heteroatoms. The third-order valence-electron chi connectivity index (χ3n) is 4.31. The molecule has 0 radical (unpaired) electrons. The van der Waals surface area contributed by atoms with E-state index in [1.165, 1.54) is 28.8 Å². The Hall–Kier alpha value is -1.65. The summed E-state index contributed by atoms with van der Waals surface area (Å²) >= 11 is 1.83. The lowest BCUT2D eigenvalue weighted by molar-refractivity contribution is -0.117. The van der Waals surface area contributed by atoms with Crippen LogP contribution in [-0.2, 0) is 24.2 Å². The van der Waals surface area contributed by atoms with E-state index in [0.29, 0.717) is 6.54 Å². The van der Waals surface area contributed by atoms with Crippen LogP contribution >= 0.6 is 11.3 Å². The summed E-state index contributed by atoms with van der Waals surface area (Å²) in [7, 11) is 0. The minimum atomic E-state index is 0.0741. The van der Waals surface area contributed by atoms with Gasteiger partial charge in [0.05, 0.1) is 6.54 Å². The normalized spacial score (nSPS) is 14.5. The number of benzene rings is 1. The van der Waals surface area contributed by atoms with E-state index in [2.05, 4.69) is 40.7 Å². The number of carbonyl (C=O) groups excluding carboxylic acids is 1. The number of hydrogen-bond donors (Lipinski definition) is 1. The fourth-order valence-electron chi connectivity index (χ4n) is 2.98. The van der Waals surface area contributed by atoms with E-state index in [4.69, 9.17) is 0 Å². The molecule has 2 heterocycles. The predicted octanol–water partition coefficient (Wildman–Crippen LogP) is 4.09. The second-order valence-corrected chi connectivity index (χ2v) is 7.18. The van der Waals surface area contributed by atoms with Gasteiger partial charge in [0.1, 0.15) is 0 Å². The lowest BCUT2D eigenvalue weighted by atomic mass is 10.1. The van der Waals surface area contributed by atoms with Gasteiger partial charge in [-0.05, 0) is 54.0 Å². The number of amides is 1. The van der Waals surface area contributed by atoms with Crippen LogP contribution in [0, 0.1) is 0 Å². The van der Waals surface area contributed by atoms with Gasteiger partial charge < -0.3 is 5.32 Å². The largest absolute Gasteiger partial charge is 0.325 e. The molecule has 1 aromatic carbocycles. The van der Waals surface area contributed by atoms with E-state index >= 15 is 0 Å². The van der Waals surface area contributed by atoms with Crippen molar-refractivity contribution in [3.05, 3.63) is 51.7 Å². The summed E-state index contributed by atoms with van der Waals surface area (Å²) in [5.74, 6) is 0.0741. The highest BCUT2D eigenvalue weighted by Gasteiger charge is 2.19. The molecule has 0 spiro atoms. The first-order valence-corrected chi connectivity index (χ1v) is 9.29. The van der Waals surface area contributed by atoms with E-state index in [-0.39, 0.29) is 5.91 Å². The van der Waals surface area contributed by atoms with E-state index in [1.54, 1.807) is 0 Å². The summed E-state index contributed by atoms with van der Waals surface area (Å²) < 4.78 is 0. The van der Waals surface area contributed by atoms with Crippen LogP contribution in [0.15, 0.2) is 35.7 Å². The van der Waals surface area contributed by atoms with Crippen molar-refractivity contribution in [2.75, 3.05) is 18.4 Å². The summed E-state index contributed by atoms with van der Waals surface area (Å²) in [5, 5.41) is 5.16. The molecule has 0 atom stereocenters. The summed E-state index contributed by atoms with van der Waals surface area (Å²) in [6.45, 7) is 4.53. The number of fused-ring (bicyclic) bond motifs is 1. The molecule has 3 nitrogen and oxygen atoms in total. The number of anilines is 1. The SMILES string of the molecule is CCCCc1ccc(NC(=O)CN2CCc3sccc3C2)cc1. The Bertz CT molecular complexity index is 648. The molecule has 0 saturated heterocycles. The fraction of sp³-hybridized carbons (Fsp3) is 0.421. The van der Waals surface area contributed by atoms with Crippen molar-refractivity contribution in [2.45, 2.75) is 39.2 Å². The molecule has 1 aliphatic heterocycles. The van der Waals surface area contributed by atoms with E-state index in [1.807, 2.05) is 23.5 Å². The number of hydrogen-bond acceptors (Lipinski definition) is 3. The highest BCUT2D eigenvalue weighted by Crippen LogP contribution is 2.23. The van der Waals surface area contributed by atoms with Gasteiger partial charge in [-0.1, -0.05) is 25.5 Å². The molecule has 0 saturated carbocycles. The number of rotatable bonds is 6. The van der Waals surface area contributed by atoms with Crippen molar-refractivity contribution >= 4 is 22.9 Å². The highest BCUT2D eigenvalue weighted by molar-refractivity contribution is 7.10. The zero-order valence-corrected chi connectivity index (χ0v) is 14.5. The molecule has 0 bridgehead atoms. The summed E-state index contributed by atoms with van der Waals surface area (Å²) in [4.78, 5) is 15.9. The first-order chi connectivity index (χ1) is 11.2. The lowest BCUT2D eigenvalue weighted by Gasteiger charge is -2.26. The van der Waals surface area contributed by atoms with E-state index < -0.39 is 0 Å². The van der Waals surface area contributed by atoms with E-state index in [0.717, 1.165) is 31.6 Å². The molecule has 1 aliphatic rings. The molecule has 0 unspecified atom stereocenters. The first-order valence-electron chi connectivity index (χ1n) is 8.41. The third-order valence-corrected chi connectivity index (χ3v) is 5.33. The van der Waals surface area contributed by atoms with Gasteiger partial charge in [0.25, 0.3) is 0 Å². The molecule has 2 aromatic rings. The maximum Gasteiger partial charge on any atom is 0.238 e. The average molecular weight is 328 g/mol. The minimum Gasteiger partial charge on any atom is -0.325 e. The van der Waals surface area contributed by atoms with Crippen LogP contribution in [0.3, 0.4) is 0 Å². The predicted molar refractivity (Wildman–Crippen MR) is 97.0 cm³/mol. The number of nitrogens with zero attached hydrogens (tertiary/aromatic N) is 1. The number of carbonyl (C=O) groups is 1. The second kappa shape index (κ2) is 7.75. The molecule has 0 fully saturated rings. The smallest absolute Gasteiger partial charge is 0.238 e. The molecule has 3 rings (SSSR count). The highest BCUT2D eigenvalue weighted by atomic mass is 32.1. The van der Waals surface area contributed by atoms with Crippen molar-refractivity contribution in [3.8, 4) is 0 Å². The van der Waals surface area contributed by atoms with Crippen LogP contribution in [0.2, 0.25) is 0 Å². The number of thiophene rings is 1. The Morgan fingerprint density at radius 3 is 2.87 bits per heavy atom. The van der Waals surface area contributed by atoms with Crippen LogP contribution in [0.25, 0.3) is 0 Å². The number of nitrogens with one attached hydrogen (secondary N) is 1. The first kappa shape index (κ1) is 16.2. The van der Waals surface area contributed by atoms with E-state index in [9.17, 15) is 4.79 Å². The van der Waals surface area contributed by atoms with Gasteiger partial charge >= 0.3 is 0 Å². The standard InChI is InChI=1S/C19H24N2OS/c1-2-3-4-15-5-7-17(8-6-15)20-19(22)14-21-11-9-18-16(13-21)10-12-23-18/h5-8,10,12H,2-4,9,11,13-14H2,1H3,(H,20,22). The molecular formula is C19H24N2OS. The Labute approximate surface area is 142 Å². The van der Waals surface area contributed by atoms with Gasteiger partial charge in [-0.15, -0.1) is 11.3 Å². The van der Waals surface area contributed by atoms with Gasteiger partial charge in [-0.25, -0.2) is 0 Å². The van der Waals surface area contributed by atoms with Crippen molar-refractivity contribution in [3.63, 3.8) is 0 Å². The summed E-state index contributed by atoms with van der Waals surface area (Å²) in [5.41, 5.74) is 3.61. The Morgan fingerprint density at radius 2 is 2.09 bits per heavy atom. The number of unbranched alkanes of at least 4 members (excludes halogenated alkanes) is 1. The van der Waals surface area contributed by atoms with Crippen molar-refractivity contribution in [1.29, 1.82) is 0 Å². The molecule has 0 aliphatic carbocycles. The third kappa shape index (κ3) is 4.43. The fourth-order valence-corrected chi connectivity index (χ4v) is 3.87. The monoisotopic (exact) mass is 328 g/mol. The average Bonchev–Trinajstić information content (AvgIpc) is 3.02. The van der Waals surface area contributed by atoms with Crippen molar-refractivity contribution < 1.29 is 4.79 Å². The molecule has 23 heavy (non-hydrogen) atoms. The Kier molecular flexibility index (Phi) is 5.47. The topological polar surface area (TPSA) is 32.3 Å². The minimum absolute atomic E-state index is 0.0741.